The number of ether oxygens (including phenoxy) is 2. The van der Waals surface area contributed by atoms with Crippen molar-refractivity contribution in [2.24, 2.45) is 0 Å². The molecule has 0 spiro atoms. The molecular weight excluding hydrogens is 576 g/mol. The third-order valence-electron chi connectivity index (χ3n) is 6.34. The number of nitrogens with zero attached hydrogens (tertiary/aromatic N) is 5. The van der Waals surface area contributed by atoms with E-state index >= 15 is 0 Å². The van der Waals surface area contributed by atoms with Crippen molar-refractivity contribution >= 4 is 54.6 Å². The number of aromatic nitrogens is 3. The maximum Gasteiger partial charge on any atom is 0.491 e. The zero-order valence-corrected chi connectivity index (χ0v) is 22.6. The van der Waals surface area contributed by atoms with E-state index in [1.807, 2.05) is 0 Å². The highest BCUT2D eigenvalue weighted by Crippen LogP contribution is 2.23. The first-order valence-corrected chi connectivity index (χ1v) is 12.8. The van der Waals surface area contributed by atoms with Crippen LogP contribution in [-0.2, 0) is 20.8 Å². The van der Waals surface area contributed by atoms with Crippen molar-refractivity contribution in [2.45, 2.75) is 25.7 Å². The lowest BCUT2D eigenvalue weighted by atomic mass is 9.80. The van der Waals surface area contributed by atoms with Crippen molar-refractivity contribution in [3.8, 4) is 0 Å². The molecule has 0 bridgehead atoms. The molecule has 3 aromatic rings. The van der Waals surface area contributed by atoms with Crippen LogP contribution in [0.1, 0.15) is 6.92 Å². The molecule has 2 aliphatic rings. The Labute approximate surface area is 243 Å². The zero-order valence-electron chi connectivity index (χ0n) is 22.6. The Balaban J connectivity index is 0.000000197. The summed E-state index contributed by atoms with van der Waals surface area (Å²) in [4.78, 5) is 36.9. The smallest absolute Gasteiger partial charge is 0.442 e. The van der Waals surface area contributed by atoms with Crippen LogP contribution in [0.4, 0.5) is 29.7 Å². The van der Waals surface area contributed by atoms with Gasteiger partial charge in [0.25, 0.3) is 0 Å². The summed E-state index contributed by atoms with van der Waals surface area (Å²) in [7, 11) is -3.82. The largest absolute Gasteiger partial charge is 0.491 e. The van der Waals surface area contributed by atoms with Gasteiger partial charge in [-0.25, -0.2) is 23.1 Å². The summed E-state index contributed by atoms with van der Waals surface area (Å²) >= 11 is 0. The second kappa shape index (κ2) is 13.6. The quantitative estimate of drug-likeness (QED) is 0.180. The average Bonchev–Trinajstić information content (AvgIpc) is 3.68. The molecule has 2 saturated heterocycles. The summed E-state index contributed by atoms with van der Waals surface area (Å²) in [5.74, 6) is -1.88. The highest BCUT2D eigenvalue weighted by Gasteiger charge is 2.34. The molecule has 15 nitrogen and oxygen atoms in total. The Hall–Kier alpha value is -4.58. The fourth-order valence-electron chi connectivity index (χ4n) is 4.25. The molecule has 5 rings (SSSR count). The molecule has 3 heterocycles. The molecule has 3 amide bonds. The second-order valence-corrected chi connectivity index (χ2v) is 9.45. The Morgan fingerprint density at radius 1 is 0.930 bits per heavy atom. The molecule has 0 unspecified atom stereocenters. The monoisotopic (exact) mass is 602 g/mol. The molecule has 2 atom stereocenters. The van der Waals surface area contributed by atoms with E-state index in [4.69, 9.17) is 29.6 Å². The van der Waals surface area contributed by atoms with Crippen LogP contribution in [0.3, 0.4) is 0 Å². The van der Waals surface area contributed by atoms with Crippen LogP contribution in [-0.4, -0.2) is 99.3 Å². The zero-order chi connectivity index (χ0) is 31.3. The lowest BCUT2D eigenvalue weighted by Crippen LogP contribution is -2.34. The van der Waals surface area contributed by atoms with E-state index < -0.39 is 50.3 Å². The first-order valence-electron chi connectivity index (χ1n) is 12.8. The van der Waals surface area contributed by atoms with E-state index in [2.05, 4.69) is 15.6 Å². The average molecular weight is 602 g/mol. The van der Waals surface area contributed by atoms with Crippen LogP contribution in [0.5, 0.6) is 0 Å². The molecule has 0 aliphatic carbocycles. The molecule has 0 saturated carbocycles. The van der Waals surface area contributed by atoms with Crippen LogP contribution < -0.4 is 26.0 Å². The maximum atomic E-state index is 13.8. The van der Waals surface area contributed by atoms with E-state index in [1.54, 1.807) is 6.20 Å². The molecule has 2 aliphatic heterocycles. The molecule has 5 N–H and O–H groups in total. The standard InChI is InChI=1S/C12H12BFN4O4.C12H14BFN2O5/c14-11-5-8(1-2-10(11)13(20)21)18-7-9(22-12(18)19)6-17-4-3-15-16-17;1-7(17)15-5-9-6-16(12(18)21-9)8-2-3-10(13(19)20)11(14)4-8/h1-5,9,20-21H,6-7H2;2-4,9,19-20H,5-6H2,1H3,(H,15,17)/t2*9-/m00/s1. The van der Waals surface area contributed by atoms with E-state index in [0.29, 0.717) is 6.54 Å². The van der Waals surface area contributed by atoms with Gasteiger partial charge >= 0.3 is 26.4 Å². The summed E-state index contributed by atoms with van der Waals surface area (Å²) in [5.41, 5.74) is -0.00296. The van der Waals surface area contributed by atoms with Gasteiger partial charge in [-0.15, -0.1) is 5.10 Å². The van der Waals surface area contributed by atoms with Gasteiger partial charge in [0.1, 0.15) is 23.8 Å². The highest BCUT2D eigenvalue weighted by atomic mass is 19.1. The number of anilines is 2. The SMILES string of the molecule is CC(=O)NC[C@H]1CN(c2ccc(B(O)O)c(F)c2)C(=O)O1.O=C1O[C@@H](Cn2ccnn2)CN1c1ccc(B(O)O)c(F)c1. The number of hydrogen-bond donors (Lipinski definition) is 5. The summed E-state index contributed by atoms with van der Waals surface area (Å²) < 4.78 is 39.2. The van der Waals surface area contributed by atoms with Crippen molar-refractivity contribution in [1.82, 2.24) is 20.3 Å². The normalized spacial score (nSPS) is 17.7. The molecule has 43 heavy (non-hydrogen) atoms. The highest BCUT2D eigenvalue weighted by molar-refractivity contribution is 6.59. The number of rotatable bonds is 8. The Morgan fingerprint density at radius 3 is 1.88 bits per heavy atom. The summed E-state index contributed by atoms with van der Waals surface area (Å²) in [6.07, 6.45) is 0.966. The lowest BCUT2D eigenvalue weighted by Gasteiger charge is -2.14. The van der Waals surface area contributed by atoms with E-state index in [0.717, 1.165) is 12.1 Å². The molecule has 2 fully saturated rings. The predicted molar refractivity (Wildman–Crippen MR) is 146 cm³/mol. The van der Waals surface area contributed by atoms with E-state index in [9.17, 15) is 23.2 Å². The molecule has 0 radical (unpaired) electrons. The first-order chi connectivity index (χ1) is 20.4. The van der Waals surface area contributed by atoms with Crippen molar-refractivity contribution in [1.29, 1.82) is 0 Å². The number of cyclic esters (lactones) is 2. The van der Waals surface area contributed by atoms with Crippen molar-refractivity contribution in [3.05, 3.63) is 60.4 Å². The van der Waals surface area contributed by atoms with Gasteiger partial charge in [0.05, 0.1) is 43.8 Å². The predicted octanol–water partition coefficient (Wildman–Crippen LogP) is -1.91. The van der Waals surface area contributed by atoms with Crippen LogP contribution in [0.25, 0.3) is 0 Å². The van der Waals surface area contributed by atoms with Gasteiger partial charge in [-0.3, -0.25) is 14.6 Å². The van der Waals surface area contributed by atoms with Gasteiger partial charge in [0, 0.05) is 24.0 Å². The number of nitrogens with one attached hydrogen (secondary N) is 1. The van der Waals surface area contributed by atoms with E-state index in [1.165, 1.54) is 51.9 Å². The number of carbonyl (C=O) groups excluding carboxylic acids is 3. The topological polar surface area (TPSA) is 200 Å². The van der Waals surface area contributed by atoms with Crippen molar-refractivity contribution < 1.29 is 52.7 Å². The summed E-state index contributed by atoms with van der Waals surface area (Å²) in [6.45, 7) is 2.27. The van der Waals surface area contributed by atoms with Gasteiger partial charge in [0.2, 0.25) is 5.91 Å². The second-order valence-electron chi connectivity index (χ2n) is 9.45. The Kier molecular flexibility index (Phi) is 9.92. The van der Waals surface area contributed by atoms with Gasteiger partial charge in [0.15, 0.2) is 0 Å². The van der Waals surface area contributed by atoms with Crippen LogP contribution in [0.2, 0.25) is 0 Å². The third kappa shape index (κ3) is 7.83. The number of amides is 3. The number of halogens is 2. The van der Waals surface area contributed by atoms with Gasteiger partial charge in [-0.1, -0.05) is 17.3 Å². The number of benzene rings is 2. The maximum absolute atomic E-state index is 13.8. The first kappa shape index (κ1) is 31.4. The van der Waals surface area contributed by atoms with Gasteiger partial charge in [-0.05, 0) is 24.3 Å². The van der Waals surface area contributed by atoms with Crippen molar-refractivity contribution in [3.63, 3.8) is 0 Å². The minimum atomic E-state index is -1.92. The number of carbonyl (C=O) groups is 3. The van der Waals surface area contributed by atoms with Crippen LogP contribution in [0, 0.1) is 11.6 Å². The van der Waals surface area contributed by atoms with Gasteiger partial charge < -0.3 is 34.9 Å². The third-order valence-corrected chi connectivity index (χ3v) is 6.34. The number of hydrogen-bond acceptors (Lipinski definition) is 11. The van der Waals surface area contributed by atoms with Crippen LogP contribution in [0.15, 0.2) is 48.8 Å². The van der Waals surface area contributed by atoms with Crippen LogP contribution >= 0.6 is 0 Å². The minimum absolute atomic E-state index is 0.166. The molecule has 19 heteroatoms. The Bertz CT molecular complexity index is 1470. The van der Waals surface area contributed by atoms with E-state index in [-0.39, 0.29) is 47.8 Å². The van der Waals surface area contributed by atoms with Crippen molar-refractivity contribution in [2.75, 3.05) is 29.4 Å². The fourth-order valence-corrected chi connectivity index (χ4v) is 4.25. The minimum Gasteiger partial charge on any atom is -0.442 e. The summed E-state index contributed by atoms with van der Waals surface area (Å²) in [5, 5.41) is 45.9. The molecule has 1 aromatic heterocycles. The van der Waals surface area contributed by atoms with Gasteiger partial charge in [-0.2, -0.15) is 0 Å². The Morgan fingerprint density at radius 2 is 1.44 bits per heavy atom. The summed E-state index contributed by atoms with van der Waals surface area (Å²) in [6, 6.07) is 7.30. The molecule has 2 aromatic carbocycles. The molecule has 226 valence electrons. The lowest BCUT2D eigenvalue weighted by molar-refractivity contribution is -0.119. The molecular formula is C24H26B2F2N6O9. The fraction of sp³-hybridized carbons (Fsp3) is 0.292.